The van der Waals surface area contributed by atoms with Gasteiger partial charge in [0.1, 0.15) is 0 Å². The average Bonchev–Trinajstić information content (AvgIpc) is 3.31. The predicted molar refractivity (Wildman–Crippen MR) is 126 cm³/mol. The van der Waals surface area contributed by atoms with Crippen LogP contribution < -0.4 is 10.6 Å². The first kappa shape index (κ1) is 21.7. The van der Waals surface area contributed by atoms with Crippen molar-refractivity contribution >= 4 is 52.2 Å². The zero-order valence-corrected chi connectivity index (χ0v) is 19.3. The van der Waals surface area contributed by atoms with E-state index >= 15 is 0 Å². The number of aliphatic imine (C=N–C) groups is 1. The van der Waals surface area contributed by atoms with Crippen LogP contribution in [0.4, 0.5) is 0 Å². The highest BCUT2D eigenvalue weighted by atomic mass is 127. The number of benzene rings is 1. The van der Waals surface area contributed by atoms with Crippen LogP contribution in [0.2, 0.25) is 0 Å². The van der Waals surface area contributed by atoms with E-state index in [0.29, 0.717) is 6.54 Å². The fourth-order valence-corrected chi connectivity index (χ4v) is 3.82. The number of aromatic amines is 1. The maximum atomic E-state index is 4.58. The van der Waals surface area contributed by atoms with Gasteiger partial charge >= 0.3 is 0 Å². The first-order chi connectivity index (χ1) is 12.7. The molecule has 0 radical (unpaired) electrons. The van der Waals surface area contributed by atoms with Gasteiger partial charge in [-0.05, 0) is 30.4 Å². The Kier molecular flexibility index (Phi) is 8.56. The molecule has 3 rings (SSSR count). The second kappa shape index (κ2) is 10.7. The molecule has 5 nitrogen and oxygen atoms in total. The smallest absolute Gasteiger partial charge is 0.191 e. The van der Waals surface area contributed by atoms with Gasteiger partial charge in [0.05, 0.1) is 17.2 Å². The molecule has 0 aliphatic heterocycles. The van der Waals surface area contributed by atoms with E-state index in [4.69, 9.17) is 0 Å². The van der Waals surface area contributed by atoms with Crippen LogP contribution in [0.25, 0.3) is 10.9 Å². The number of rotatable bonds is 7. The fraction of sp³-hybridized carbons (Fsp3) is 0.400. The van der Waals surface area contributed by atoms with Crippen molar-refractivity contribution in [2.45, 2.75) is 39.7 Å². The van der Waals surface area contributed by atoms with Crippen molar-refractivity contribution < 1.29 is 0 Å². The van der Waals surface area contributed by atoms with E-state index in [1.165, 1.54) is 27.0 Å². The summed E-state index contributed by atoms with van der Waals surface area (Å²) in [6.45, 7) is 5.85. The first-order valence-electron chi connectivity index (χ1n) is 9.20. The molecule has 146 valence electrons. The summed E-state index contributed by atoms with van der Waals surface area (Å²) in [5.41, 5.74) is 5.04. The summed E-state index contributed by atoms with van der Waals surface area (Å²) in [4.78, 5) is 12.3. The molecular weight excluding hydrogens is 469 g/mol. The average molecular weight is 497 g/mol. The van der Waals surface area contributed by atoms with Gasteiger partial charge in [-0.1, -0.05) is 32.0 Å². The predicted octanol–water partition coefficient (Wildman–Crippen LogP) is 4.27. The molecule has 7 heteroatoms. The van der Waals surface area contributed by atoms with Crippen LogP contribution in [0.3, 0.4) is 0 Å². The summed E-state index contributed by atoms with van der Waals surface area (Å²) in [6, 6.07) is 6.53. The van der Waals surface area contributed by atoms with Gasteiger partial charge in [-0.25, -0.2) is 4.98 Å². The number of hydrogen-bond donors (Lipinski definition) is 3. The van der Waals surface area contributed by atoms with Crippen LogP contribution >= 0.6 is 35.3 Å². The highest BCUT2D eigenvalue weighted by molar-refractivity contribution is 14.0. The monoisotopic (exact) mass is 497 g/mol. The van der Waals surface area contributed by atoms with Crippen molar-refractivity contribution in [3.8, 4) is 0 Å². The van der Waals surface area contributed by atoms with Gasteiger partial charge in [0, 0.05) is 36.1 Å². The van der Waals surface area contributed by atoms with E-state index in [-0.39, 0.29) is 24.0 Å². The van der Waals surface area contributed by atoms with Gasteiger partial charge < -0.3 is 15.6 Å². The van der Waals surface area contributed by atoms with Crippen molar-refractivity contribution in [2.24, 2.45) is 4.99 Å². The molecule has 2 heterocycles. The number of thiazole rings is 1. The largest absolute Gasteiger partial charge is 0.361 e. The number of H-pyrrole nitrogens is 1. The van der Waals surface area contributed by atoms with Gasteiger partial charge in [-0.2, -0.15) is 0 Å². The minimum Gasteiger partial charge on any atom is -0.361 e. The highest BCUT2D eigenvalue weighted by Gasteiger charge is 2.07. The second-order valence-corrected chi connectivity index (χ2v) is 7.14. The van der Waals surface area contributed by atoms with E-state index in [2.05, 4.69) is 69.2 Å². The van der Waals surface area contributed by atoms with E-state index in [1.807, 2.05) is 0 Å². The number of guanidine groups is 1. The molecule has 0 amide bonds. The molecule has 27 heavy (non-hydrogen) atoms. The number of halogens is 1. The lowest BCUT2D eigenvalue weighted by Gasteiger charge is -2.10. The van der Waals surface area contributed by atoms with Gasteiger partial charge in [0.2, 0.25) is 0 Å². The molecular formula is C20H28IN5S. The quantitative estimate of drug-likeness (QED) is 0.260. The second-order valence-electron chi connectivity index (χ2n) is 6.20. The number of hydrogen-bond acceptors (Lipinski definition) is 3. The lowest BCUT2D eigenvalue weighted by molar-refractivity contribution is 0.785. The van der Waals surface area contributed by atoms with Crippen molar-refractivity contribution in [3.05, 3.63) is 51.6 Å². The number of aryl methyl sites for hydroxylation is 2. The number of para-hydroxylation sites is 1. The van der Waals surface area contributed by atoms with Crippen molar-refractivity contribution in [3.63, 3.8) is 0 Å². The third-order valence-electron chi connectivity index (χ3n) is 4.52. The highest BCUT2D eigenvalue weighted by Crippen LogP contribution is 2.22. The SMILES string of the molecule is CCc1nc(CNC(=NC)NCCc2c[nH]c3c(CC)cccc23)cs1.I. The van der Waals surface area contributed by atoms with Crippen molar-refractivity contribution in [2.75, 3.05) is 13.6 Å². The Hall–Kier alpha value is -1.61. The van der Waals surface area contributed by atoms with Gasteiger partial charge in [0.15, 0.2) is 5.96 Å². The molecule has 0 spiro atoms. The molecule has 1 aromatic carbocycles. The summed E-state index contributed by atoms with van der Waals surface area (Å²) in [6.07, 6.45) is 5.11. The third kappa shape index (κ3) is 5.44. The molecule has 0 fully saturated rings. The summed E-state index contributed by atoms with van der Waals surface area (Å²) >= 11 is 1.71. The number of nitrogens with zero attached hydrogens (tertiary/aromatic N) is 2. The zero-order chi connectivity index (χ0) is 18.4. The van der Waals surface area contributed by atoms with E-state index in [1.54, 1.807) is 18.4 Å². The van der Waals surface area contributed by atoms with Gasteiger partial charge in [0.25, 0.3) is 0 Å². The van der Waals surface area contributed by atoms with Crippen LogP contribution in [-0.4, -0.2) is 29.5 Å². The molecule has 2 aromatic heterocycles. The lowest BCUT2D eigenvalue weighted by atomic mass is 10.1. The normalized spacial score (nSPS) is 11.4. The Balaban J connectivity index is 0.00000261. The Morgan fingerprint density at radius 1 is 1.19 bits per heavy atom. The summed E-state index contributed by atoms with van der Waals surface area (Å²) in [5.74, 6) is 0.810. The molecule has 0 unspecified atom stereocenters. The summed E-state index contributed by atoms with van der Waals surface area (Å²) in [5, 5.41) is 11.3. The third-order valence-corrected chi connectivity index (χ3v) is 5.56. The molecule has 0 aliphatic carbocycles. The molecule has 3 N–H and O–H groups in total. The van der Waals surface area contributed by atoms with E-state index in [0.717, 1.165) is 37.5 Å². The first-order valence-corrected chi connectivity index (χ1v) is 10.1. The van der Waals surface area contributed by atoms with Crippen LogP contribution in [-0.2, 0) is 25.8 Å². The lowest BCUT2D eigenvalue weighted by Crippen LogP contribution is -2.37. The van der Waals surface area contributed by atoms with E-state index in [9.17, 15) is 0 Å². The zero-order valence-electron chi connectivity index (χ0n) is 16.1. The van der Waals surface area contributed by atoms with Crippen LogP contribution in [0.5, 0.6) is 0 Å². The standard InChI is InChI=1S/C20H27N5S.HI/c1-4-14-7-6-8-17-15(11-23-19(14)17)9-10-22-20(21-3)24-12-16-13-26-18(5-2)25-16;/h6-8,11,13,23H,4-5,9-10,12H2,1-3H3,(H2,21,22,24);1H. The van der Waals surface area contributed by atoms with Crippen LogP contribution in [0.1, 0.15) is 35.7 Å². The van der Waals surface area contributed by atoms with Gasteiger partial charge in [-0.3, -0.25) is 4.99 Å². The molecule has 0 saturated carbocycles. The molecule has 0 atom stereocenters. The summed E-state index contributed by atoms with van der Waals surface area (Å²) < 4.78 is 0. The van der Waals surface area contributed by atoms with Crippen molar-refractivity contribution in [1.29, 1.82) is 0 Å². The number of nitrogens with one attached hydrogen (secondary N) is 3. The molecule has 0 saturated heterocycles. The van der Waals surface area contributed by atoms with Crippen LogP contribution in [0, 0.1) is 0 Å². The maximum absolute atomic E-state index is 4.58. The Labute approximate surface area is 182 Å². The minimum atomic E-state index is 0. The van der Waals surface area contributed by atoms with Crippen molar-refractivity contribution in [1.82, 2.24) is 20.6 Å². The summed E-state index contributed by atoms with van der Waals surface area (Å²) in [7, 11) is 1.80. The maximum Gasteiger partial charge on any atom is 0.191 e. The Morgan fingerprint density at radius 3 is 2.74 bits per heavy atom. The number of fused-ring (bicyclic) bond motifs is 1. The topological polar surface area (TPSA) is 65.1 Å². The minimum absolute atomic E-state index is 0. The Bertz CT molecular complexity index is 884. The molecule has 0 aliphatic rings. The molecule has 0 bridgehead atoms. The fourth-order valence-electron chi connectivity index (χ4n) is 3.08. The molecule has 3 aromatic rings. The number of aromatic nitrogens is 2. The van der Waals surface area contributed by atoms with Gasteiger partial charge in [-0.15, -0.1) is 35.3 Å². The Morgan fingerprint density at radius 2 is 2.04 bits per heavy atom. The van der Waals surface area contributed by atoms with Crippen LogP contribution in [0.15, 0.2) is 34.8 Å². The van der Waals surface area contributed by atoms with E-state index < -0.39 is 0 Å².